The fourth-order valence-corrected chi connectivity index (χ4v) is 4.58. The number of carbonyl (C=O) groups is 1. The maximum absolute atomic E-state index is 12.9. The number of aromatic nitrogens is 4. The van der Waals surface area contributed by atoms with E-state index in [1.54, 1.807) is 43.3 Å². The zero-order valence-corrected chi connectivity index (χ0v) is 18.2. The van der Waals surface area contributed by atoms with Crippen molar-refractivity contribution in [3.8, 4) is 11.4 Å². The summed E-state index contributed by atoms with van der Waals surface area (Å²) in [5.74, 6) is 0.0934. The summed E-state index contributed by atoms with van der Waals surface area (Å²) in [5, 5.41) is 13.7. The number of aryl methyl sites for hydroxylation is 1. The molecule has 1 amide bonds. The molecule has 2 heterocycles. The predicted molar refractivity (Wildman–Crippen MR) is 114 cm³/mol. The van der Waals surface area contributed by atoms with Crippen molar-refractivity contribution in [1.82, 2.24) is 24.5 Å². The quantitative estimate of drug-likeness (QED) is 0.555. The number of amides is 1. The number of carbonyl (C=O) groups excluding carboxylic acids is 1. The summed E-state index contributed by atoms with van der Waals surface area (Å²) in [6.45, 7) is 2.89. The monoisotopic (exact) mass is 458 g/mol. The van der Waals surface area contributed by atoms with Crippen LogP contribution in [0.3, 0.4) is 0 Å². The van der Waals surface area contributed by atoms with E-state index in [4.69, 9.17) is 9.47 Å². The van der Waals surface area contributed by atoms with Crippen molar-refractivity contribution in [2.75, 3.05) is 38.2 Å². The fourth-order valence-electron chi connectivity index (χ4n) is 3.14. The summed E-state index contributed by atoms with van der Waals surface area (Å²) < 4.78 is 39.4. The van der Waals surface area contributed by atoms with Crippen molar-refractivity contribution < 1.29 is 22.7 Å². The molecule has 0 atom stereocenters. The second-order valence-corrected chi connectivity index (χ2v) is 9.02. The third-order valence-electron chi connectivity index (χ3n) is 4.91. The van der Waals surface area contributed by atoms with Crippen LogP contribution < -0.4 is 10.1 Å². The van der Waals surface area contributed by atoms with E-state index in [0.717, 1.165) is 11.3 Å². The van der Waals surface area contributed by atoms with E-state index in [1.807, 2.05) is 0 Å². The number of hydrogen-bond donors (Lipinski definition) is 1. The average Bonchev–Trinajstić information content (AvgIpc) is 3.35. The summed E-state index contributed by atoms with van der Waals surface area (Å²) >= 11 is 0. The number of hydrogen-bond acceptors (Lipinski definition) is 8. The van der Waals surface area contributed by atoms with Crippen molar-refractivity contribution in [1.29, 1.82) is 0 Å². The van der Waals surface area contributed by atoms with Crippen LogP contribution >= 0.6 is 0 Å². The molecule has 0 spiro atoms. The van der Waals surface area contributed by atoms with Gasteiger partial charge < -0.3 is 14.8 Å². The van der Waals surface area contributed by atoms with Gasteiger partial charge in [-0.05, 0) is 59.3 Å². The minimum Gasteiger partial charge on any atom is -0.484 e. The van der Waals surface area contributed by atoms with E-state index in [0.29, 0.717) is 37.7 Å². The minimum atomic E-state index is -3.66. The fraction of sp³-hybridized carbons (Fsp3) is 0.300. The highest BCUT2D eigenvalue weighted by Gasteiger charge is 2.26. The number of benzene rings is 2. The molecule has 3 aromatic rings. The van der Waals surface area contributed by atoms with Crippen molar-refractivity contribution in [3.05, 3.63) is 54.4 Å². The summed E-state index contributed by atoms with van der Waals surface area (Å²) in [7, 11) is -3.66. The van der Waals surface area contributed by atoms with Crippen molar-refractivity contribution >= 4 is 21.6 Å². The van der Waals surface area contributed by atoms with Crippen LogP contribution in [0.25, 0.3) is 5.69 Å². The lowest BCUT2D eigenvalue weighted by Crippen LogP contribution is -2.40. The molecular formula is C20H22N6O5S. The first-order valence-electron chi connectivity index (χ1n) is 9.88. The first-order valence-corrected chi connectivity index (χ1v) is 11.3. The largest absolute Gasteiger partial charge is 0.484 e. The van der Waals surface area contributed by atoms with Gasteiger partial charge in [0.25, 0.3) is 5.91 Å². The molecule has 0 bridgehead atoms. The molecule has 0 unspecified atom stereocenters. The maximum atomic E-state index is 12.9. The van der Waals surface area contributed by atoms with E-state index < -0.39 is 15.9 Å². The molecule has 32 heavy (non-hydrogen) atoms. The van der Waals surface area contributed by atoms with E-state index in [1.165, 1.54) is 21.4 Å². The molecule has 1 aliphatic rings. The first-order chi connectivity index (χ1) is 15.4. The highest BCUT2D eigenvalue weighted by atomic mass is 32.2. The van der Waals surface area contributed by atoms with Crippen LogP contribution in [0.1, 0.15) is 5.56 Å². The zero-order valence-electron chi connectivity index (χ0n) is 17.3. The van der Waals surface area contributed by atoms with Crippen LogP contribution in [0.4, 0.5) is 5.69 Å². The van der Waals surface area contributed by atoms with E-state index in [2.05, 4.69) is 20.8 Å². The Morgan fingerprint density at radius 3 is 2.59 bits per heavy atom. The molecule has 1 aromatic heterocycles. The van der Waals surface area contributed by atoms with Gasteiger partial charge >= 0.3 is 0 Å². The molecule has 168 valence electrons. The Morgan fingerprint density at radius 2 is 1.91 bits per heavy atom. The molecule has 0 saturated carbocycles. The summed E-state index contributed by atoms with van der Waals surface area (Å²) in [4.78, 5) is 12.5. The SMILES string of the molecule is Cc1ccc(S(=O)(=O)N2CCOCC2)cc1NC(=O)COc1ccc(-n2cnnn2)cc1. The van der Waals surface area contributed by atoms with Crippen LogP contribution in [-0.4, -0.2) is 71.7 Å². The van der Waals surface area contributed by atoms with Crippen LogP contribution in [-0.2, 0) is 19.6 Å². The van der Waals surface area contributed by atoms with Gasteiger partial charge in [-0.3, -0.25) is 4.79 Å². The van der Waals surface area contributed by atoms with Gasteiger partial charge in [0, 0.05) is 18.8 Å². The average molecular weight is 459 g/mol. The molecule has 4 rings (SSSR count). The lowest BCUT2D eigenvalue weighted by molar-refractivity contribution is -0.118. The summed E-state index contributed by atoms with van der Waals surface area (Å²) in [6.07, 6.45) is 1.47. The minimum absolute atomic E-state index is 0.124. The number of tetrazole rings is 1. The Kier molecular flexibility index (Phi) is 6.44. The second-order valence-electron chi connectivity index (χ2n) is 7.08. The number of morpholine rings is 1. The predicted octanol–water partition coefficient (Wildman–Crippen LogP) is 1.01. The van der Waals surface area contributed by atoms with Gasteiger partial charge in [-0.25, -0.2) is 13.1 Å². The highest BCUT2D eigenvalue weighted by Crippen LogP contribution is 2.24. The number of sulfonamides is 1. The summed E-state index contributed by atoms with van der Waals surface area (Å²) in [5.41, 5.74) is 1.91. The molecule has 1 N–H and O–H groups in total. The van der Waals surface area contributed by atoms with Crippen LogP contribution in [0, 0.1) is 6.92 Å². The third kappa shape index (κ3) is 4.93. The van der Waals surface area contributed by atoms with Crippen LogP contribution in [0.5, 0.6) is 5.75 Å². The van der Waals surface area contributed by atoms with Crippen LogP contribution in [0.2, 0.25) is 0 Å². The molecule has 12 heteroatoms. The van der Waals surface area contributed by atoms with Gasteiger partial charge in [0.05, 0.1) is 23.8 Å². The standard InChI is InChI=1S/C20H22N6O5S/c1-15-2-7-18(32(28,29)25-8-10-30-11-9-25)12-19(15)22-20(27)13-31-17-5-3-16(4-6-17)26-14-21-23-24-26/h2-7,12,14H,8-11,13H2,1H3,(H,22,27). The smallest absolute Gasteiger partial charge is 0.262 e. The van der Waals surface area contributed by atoms with E-state index in [9.17, 15) is 13.2 Å². The third-order valence-corrected chi connectivity index (χ3v) is 6.81. The van der Waals surface area contributed by atoms with Crippen molar-refractivity contribution in [2.24, 2.45) is 0 Å². The van der Waals surface area contributed by atoms with Gasteiger partial charge in [-0.1, -0.05) is 6.07 Å². The molecule has 11 nitrogen and oxygen atoms in total. The lowest BCUT2D eigenvalue weighted by Gasteiger charge is -2.26. The Morgan fingerprint density at radius 1 is 1.16 bits per heavy atom. The van der Waals surface area contributed by atoms with Crippen LogP contribution in [0.15, 0.2) is 53.7 Å². The topological polar surface area (TPSA) is 129 Å². The molecule has 1 aliphatic heterocycles. The Balaban J connectivity index is 1.39. The Labute approximate surface area is 185 Å². The number of anilines is 1. The highest BCUT2D eigenvalue weighted by molar-refractivity contribution is 7.89. The van der Waals surface area contributed by atoms with Gasteiger partial charge in [-0.15, -0.1) is 5.10 Å². The van der Waals surface area contributed by atoms with Crippen molar-refractivity contribution in [2.45, 2.75) is 11.8 Å². The zero-order chi connectivity index (χ0) is 22.6. The molecule has 0 aliphatic carbocycles. The molecule has 1 fully saturated rings. The number of nitrogens with zero attached hydrogens (tertiary/aromatic N) is 5. The lowest BCUT2D eigenvalue weighted by atomic mass is 10.2. The number of rotatable bonds is 7. The molecule has 1 saturated heterocycles. The van der Waals surface area contributed by atoms with Gasteiger partial charge in [0.2, 0.25) is 10.0 Å². The normalized spacial score (nSPS) is 14.8. The van der Waals surface area contributed by atoms with E-state index >= 15 is 0 Å². The van der Waals surface area contributed by atoms with Crippen molar-refractivity contribution in [3.63, 3.8) is 0 Å². The number of ether oxygens (including phenoxy) is 2. The number of nitrogens with one attached hydrogen (secondary N) is 1. The van der Waals surface area contributed by atoms with E-state index in [-0.39, 0.29) is 11.5 Å². The Hall–Kier alpha value is -3.35. The second kappa shape index (κ2) is 9.42. The summed E-state index contributed by atoms with van der Waals surface area (Å²) in [6, 6.07) is 11.6. The molecule has 0 radical (unpaired) electrons. The molecular weight excluding hydrogens is 436 g/mol. The van der Waals surface area contributed by atoms with Gasteiger partial charge in [-0.2, -0.15) is 4.31 Å². The molecule has 2 aromatic carbocycles. The maximum Gasteiger partial charge on any atom is 0.262 e. The Bertz CT molecular complexity index is 1180. The first kappa shape index (κ1) is 21.9. The van der Waals surface area contributed by atoms with Gasteiger partial charge in [0.1, 0.15) is 12.1 Å². The van der Waals surface area contributed by atoms with Gasteiger partial charge in [0.15, 0.2) is 6.61 Å².